The third kappa shape index (κ3) is 2.46. The van der Waals surface area contributed by atoms with Crippen LogP contribution in [0.25, 0.3) is 0 Å². The number of H-pyrrole nitrogens is 1. The molecule has 0 saturated heterocycles. The SMILES string of the molecule is CCc1nc(C(=O)NCC2(OC)CCC2)n[nH]1. The van der Waals surface area contributed by atoms with Gasteiger partial charge in [-0.05, 0) is 19.3 Å². The van der Waals surface area contributed by atoms with Crippen LogP contribution < -0.4 is 5.32 Å². The van der Waals surface area contributed by atoms with E-state index >= 15 is 0 Å². The molecule has 2 N–H and O–H groups in total. The largest absolute Gasteiger partial charge is 0.376 e. The number of carbonyl (C=O) groups is 1. The van der Waals surface area contributed by atoms with Crippen molar-refractivity contribution in [2.45, 2.75) is 38.2 Å². The molecular formula is C11H18N4O2. The van der Waals surface area contributed by atoms with Gasteiger partial charge in [-0.25, -0.2) is 4.98 Å². The Balaban J connectivity index is 1.88. The molecule has 94 valence electrons. The molecule has 0 aromatic carbocycles. The molecular weight excluding hydrogens is 220 g/mol. The van der Waals surface area contributed by atoms with E-state index in [2.05, 4.69) is 20.5 Å². The first kappa shape index (κ1) is 12.0. The minimum Gasteiger partial charge on any atom is -0.376 e. The molecule has 1 amide bonds. The predicted molar refractivity (Wildman–Crippen MR) is 61.7 cm³/mol. The van der Waals surface area contributed by atoms with Crippen molar-refractivity contribution in [3.8, 4) is 0 Å². The summed E-state index contributed by atoms with van der Waals surface area (Å²) in [4.78, 5) is 15.8. The van der Waals surface area contributed by atoms with Crippen LogP contribution in [0.2, 0.25) is 0 Å². The normalized spacial score (nSPS) is 17.5. The Bertz CT molecular complexity index is 392. The quantitative estimate of drug-likeness (QED) is 0.790. The van der Waals surface area contributed by atoms with Gasteiger partial charge < -0.3 is 10.1 Å². The maximum absolute atomic E-state index is 11.8. The van der Waals surface area contributed by atoms with Gasteiger partial charge in [0.2, 0.25) is 5.82 Å². The van der Waals surface area contributed by atoms with Gasteiger partial charge >= 0.3 is 0 Å². The van der Waals surface area contributed by atoms with Crippen molar-refractivity contribution in [3.63, 3.8) is 0 Å². The molecule has 6 nitrogen and oxygen atoms in total. The van der Waals surface area contributed by atoms with Crippen molar-refractivity contribution in [1.82, 2.24) is 20.5 Å². The average Bonchev–Trinajstić information content (AvgIpc) is 2.76. The van der Waals surface area contributed by atoms with E-state index in [4.69, 9.17) is 4.74 Å². The molecule has 0 aliphatic heterocycles. The molecule has 1 aliphatic carbocycles. The molecule has 2 rings (SSSR count). The maximum atomic E-state index is 11.8. The third-order valence-electron chi connectivity index (χ3n) is 3.34. The lowest BCUT2D eigenvalue weighted by atomic mass is 9.80. The number of hydrogen-bond donors (Lipinski definition) is 2. The van der Waals surface area contributed by atoms with Crippen LogP contribution in [0.3, 0.4) is 0 Å². The summed E-state index contributed by atoms with van der Waals surface area (Å²) in [6.45, 7) is 2.48. The van der Waals surface area contributed by atoms with Crippen LogP contribution in [-0.4, -0.2) is 40.3 Å². The van der Waals surface area contributed by atoms with Crippen molar-refractivity contribution in [1.29, 1.82) is 0 Å². The molecule has 1 aliphatic rings. The van der Waals surface area contributed by atoms with Crippen molar-refractivity contribution in [2.75, 3.05) is 13.7 Å². The first-order chi connectivity index (χ1) is 8.19. The van der Waals surface area contributed by atoms with Gasteiger partial charge in [0, 0.05) is 20.1 Å². The zero-order valence-electron chi connectivity index (χ0n) is 10.2. The number of aryl methyl sites for hydroxylation is 1. The number of rotatable bonds is 5. The van der Waals surface area contributed by atoms with Crippen molar-refractivity contribution < 1.29 is 9.53 Å². The minimum absolute atomic E-state index is 0.167. The second-order valence-electron chi connectivity index (χ2n) is 4.38. The average molecular weight is 238 g/mol. The zero-order chi connectivity index (χ0) is 12.3. The number of nitrogens with zero attached hydrogens (tertiary/aromatic N) is 2. The molecule has 0 unspecified atom stereocenters. The summed E-state index contributed by atoms with van der Waals surface area (Å²) in [6, 6.07) is 0. The number of nitrogens with one attached hydrogen (secondary N) is 2. The van der Waals surface area contributed by atoms with Crippen LogP contribution in [0, 0.1) is 0 Å². The van der Waals surface area contributed by atoms with Gasteiger partial charge in [-0.1, -0.05) is 6.92 Å². The van der Waals surface area contributed by atoms with Crippen molar-refractivity contribution in [3.05, 3.63) is 11.6 Å². The van der Waals surface area contributed by atoms with E-state index in [9.17, 15) is 4.79 Å². The van der Waals surface area contributed by atoms with E-state index in [1.165, 1.54) is 0 Å². The van der Waals surface area contributed by atoms with Crippen molar-refractivity contribution >= 4 is 5.91 Å². The standard InChI is InChI=1S/C11H18N4O2/c1-3-8-13-9(15-14-8)10(16)12-7-11(17-2)5-4-6-11/h3-7H2,1-2H3,(H,12,16)(H,13,14,15). The Morgan fingerprint density at radius 1 is 1.59 bits per heavy atom. The molecule has 1 fully saturated rings. The van der Waals surface area contributed by atoms with E-state index in [1.54, 1.807) is 7.11 Å². The molecule has 0 radical (unpaired) electrons. The summed E-state index contributed by atoms with van der Waals surface area (Å²) >= 11 is 0. The number of ether oxygens (including phenoxy) is 1. The second kappa shape index (κ2) is 4.83. The summed E-state index contributed by atoms with van der Waals surface area (Å²) in [5.74, 6) is 0.678. The van der Waals surface area contributed by atoms with Gasteiger partial charge in [-0.15, -0.1) is 5.10 Å². The number of aromatic amines is 1. The highest BCUT2D eigenvalue weighted by Crippen LogP contribution is 2.34. The monoisotopic (exact) mass is 238 g/mol. The van der Waals surface area contributed by atoms with Gasteiger partial charge in [0.1, 0.15) is 5.82 Å². The second-order valence-corrected chi connectivity index (χ2v) is 4.38. The number of hydrogen-bond acceptors (Lipinski definition) is 4. The summed E-state index contributed by atoms with van der Waals surface area (Å²) in [5.41, 5.74) is -0.167. The number of amides is 1. The highest BCUT2D eigenvalue weighted by Gasteiger charge is 2.37. The zero-order valence-corrected chi connectivity index (χ0v) is 10.2. The first-order valence-corrected chi connectivity index (χ1v) is 5.94. The molecule has 1 heterocycles. The summed E-state index contributed by atoms with van der Waals surface area (Å²) in [6.07, 6.45) is 3.89. The fraction of sp³-hybridized carbons (Fsp3) is 0.727. The lowest BCUT2D eigenvalue weighted by molar-refractivity contribution is -0.0679. The topological polar surface area (TPSA) is 79.9 Å². The van der Waals surface area contributed by atoms with E-state index in [1.807, 2.05) is 6.92 Å². The van der Waals surface area contributed by atoms with E-state index < -0.39 is 0 Å². The molecule has 0 atom stereocenters. The Kier molecular flexibility index (Phi) is 3.42. The van der Waals surface area contributed by atoms with Crippen LogP contribution in [0.15, 0.2) is 0 Å². The lowest BCUT2D eigenvalue weighted by Crippen LogP contribution is -2.49. The smallest absolute Gasteiger partial charge is 0.291 e. The van der Waals surface area contributed by atoms with Gasteiger partial charge in [0.05, 0.1) is 5.60 Å². The van der Waals surface area contributed by atoms with Gasteiger partial charge in [-0.2, -0.15) is 0 Å². The Hall–Kier alpha value is -1.43. The number of aromatic nitrogens is 3. The molecule has 0 spiro atoms. The molecule has 1 aromatic heterocycles. The van der Waals surface area contributed by atoms with Gasteiger partial charge in [0.15, 0.2) is 0 Å². The van der Waals surface area contributed by atoms with Gasteiger partial charge in [-0.3, -0.25) is 9.89 Å². The molecule has 0 bridgehead atoms. The van der Waals surface area contributed by atoms with Crippen molar-refractivity contribution in [2.24, 2.45) is 0 Å². The highest BCUT2D eigenvalue weighted by molar-refractivity contribution is 5.90. The Morgan fingerprint density at radius 3 is 2.82 bits per heavy atom. The van der Waals surface area contributed by atoms with Crippen LogP contribution in [0.1, 0.15) is 42.6 Å². The molecule has 1 aromatic rings. The predicted octanol–water partition coefficient (Wildman–Crippen LogP) is 0.666. The summed E-state index contributed by atoms with van der Waals surface area (Å²) in [5, 5.41) is 9.41. The summed E-state index contributed by atoms with van der Waals surface area (Å²) < 4.78 is 5.42. The Morgan fingerprint density at radius 2 is 2.35 bits per heavy atom. The minimum atomic E-state index is -0.246. The number of carbonyl (C=O) groups excluding carboxylic acids is 1. The van der Waals surface area contributed by atoms with E-state index in [0.717, 1.165) is 31.5 Å². The van der Waals surface area contributed by atoms with Crippen LogP contribution in [-0.2, 0) is 11.2 Å². The van der Waals surface area contributed by atoms with Crippen LogP contribution >= 0.6 is 0 Å². The van der Waals surface area contributed by atoms with E-state index in [0.29, 0.717) is 6.54 Å². The number of methoxy groups -OCH3 is 1. The van der Waals surface area contributed by atoms with Crippen LogP contribution in [0.5, 0.6) is 0 Å². The fourth-order valence-corrected chi connectivity index (χ4v) is 1.90. The maximum Gasteiger partial charge on any atom is 0.291 e. The van der Waals surface area contributed by atoms with Crippen LogP contribution in [0.4, 0.5) is 0 Å². The van der Waals surface area contributed by atoms with Gasteiger partial charge in [0.25, 0.3) is 5.91 Å². The first-order valence-electron chi connectivity index (χ1n) is 5.94. The lowest BCUT2D eigenvalue weighted by Gasteiger charge is -2.40. The van der Waals surface area contributed by atoms with E-state index in [-0.39, 0.29) is 17.3 Å². The Labute approximate surface area is 100 Å². The molecule has 6 heteroatoms. The summed E-state index contributed by atoms with van der Waals surface area (Å²) in [7, 11) is 1.69. The highest BCUT2D eigenvalue weighted by atomic mass is 16.5. The fourth-order valence-electron chi connectivity index (χ4n) is 1.90. The molecule has 1 saturated carbocycles. The molecule has 17 heavy (non-hydrogen) atoms. The third-order valence-corrected chi connectivity index (χ3v) is 3.34.